The van der Waals surface area contributed by atoms with Gasteiger partial charge in [-0.3, -0.25) is 9.69 Å². The third-order valence-corrected chi connectivity index (χ3v) is 5.15. The lowest BCUT2D eigenvalue weighted by Crippen LogP contribution is -2.41. The maximum atomic E-state index is 12.5. The molecule has 24 heavy (non-hydrogen) atoms. The highest BCUT2D eigenvalue weighted by atomic mass is 79.9. The largest absolute Gasteiger partial charge is 0.444 e. The van der Waals surface area contributed by atoms with E-state index in [9.17, 15) is 9.59 Å². The molecule has 6 nitrogen and oxygen atoms in total. The molecule has 0 bridgehead atoms. The number of H-pyrrole nitrogens is 1. The lowest BCUT2D eigenvalue weighted by atomic mass is 10.1. The number of nitrogens with one attached hydrogen (secondary N) is 1. The zero-order chi connectivity index (χ0) is 17.5. The second-order valence-electron chi connectivity index (χ2n) is 6.57. The van der Waals surface area contributed by atoms with Gasteiger partial charge in [0.1, 0.15) is 16.1 Å². The molecule has 3 heterocycles. The third-order valence-electron chi connectivity index (χ3n) is 3.52. The Balaban J connectivity index is 1.98. The number of halogens is 1. The van der Waals surface area contributed by atoms with Crippen LogP contribution in [0, 0.1) is 0 Å². The maximum absolute atomic E-state index is 12.5. The first-order valence-electron chi connectivity index (χ1n) is 7.58. The van der Waals surface area contributed by atoms with E-state index in [0.29, 0.717) is 29.0 Å². The molecule has 1 N–H and O–H groups in total. The molecule has 1 atom stereocenters. The van der Waals surface area contributed by atoms with Gasteiger partial charge in [0, 0.05) is 6.54 Å². The molecular formula is C16H18BrN3O3S. The molecule has 1 amide bonds. The minimum atomic E-state index is -0.578. The van der Waals surface area contributed by atoms with E-state index in [1.807, 2.05) is 39.0 Å². The van der Waals surface area contributed by atoms with Gasteiger partial charge in [0.05, 0.1) is 15.3 Å². The molecule has 1 unspecified atom stereocenters. The van der Waals surface area contributed by atoms with Gasteiger partial charge in [0.2, 0.25) is 0 Å². The van der Waals surface area contributed by atoms with Crippen molar-refractivity contribution in [2.24, 2.45) is 0 Å². The van der Waals surface area contributed by atoms with E-state index in [0.717, 1.165) is 3.79 Å². The van der Waals surface area contributed by atoms with Crippen molar-refractivity contribution >= 4 is 43.6 Å². The monoisotopic (exact) mass is 411 g/mol. The topological polar surface area (TPSA) is 75.3 Å². The highest BCUT2D eigenvalue weighted by molar-refractivity contribution is 9.11. The summed E-state index contributed by atoms with van der Waals surface area (Å²) in [5.74, 6) is 0.480. The van der Waals surface area contributed by atoms with Crippen LogP contribution in [0.1, 0.15) is 39.1 Å². The molecule has 0 aliphatic carbocycles. The number of aromatic amines is 1. The van der Waals surface area contributed by atoms with Gasteiger partial charge < -0.3 is 9.72 Å². The Bertz CT molecular complexity index is 866. The quantitative estimate of drug-likeness (QED) is 0.719. The first-order chi connectivity index (χ1) is 11.2. The van der Waals surface area contributed by atoms with Gasteiger partial charge >= 0.3 is 6.09 Å². The van der Waals surface area contributed by atoms with Crippen molar-refractivity contribution in [3.8, 4) is 0 Å². The number of hydrogen-bond acceptors (Lipinski definition) is 5. The summed E-state index contributed by atoms with van der Waals surface area (Å²) in [7, 11) is 0. The molecule has 0 radical (unpaired) electrons. The number of aromatic nitrogens is 2. The Hall–Kier alpha value is -1.67. The van der Waals surface area contributed by atoms with E-state index in [4.69, 9.17) is 4.74 Å². The van der Waals surface area contributed by atoms with Crippen LogP contribution < -0.4 is 5.56 Å². The Morgan fingerprint density at radius 1 is 1.46 bits per heavy atom. The van der Waals surface area contributed by atoms with E-state index in [-0.39, 0.29) is 11.6 Å². The summed E-state index contributed by atoms with van der Waals surface area (Å²) in [4.78, 5) is 33.8. The second kappa shape index (κ2) is 6.33. The zero-order valence-electron chi connectivity index (χ0n) is 13.6. The van der Waals surface area contributed by atoms with Crippen LogP contribution in [-0.2, 0) is 4.74 Å². The van der Waals surface area contributed by atoms with Gasteiger partial charge in [-0.25, -0.2) is 9.78 Å². The predicted molar refractivity (Wildman–Crippen MR) is 97.4 cm³/mol. The first kappa shape index (κ1) is 17.2. The standard InChI is InChI=1S/C16H18BrN3O3S/c1-16(2,3)23-15(22)20-7-5-4-6-10(20)13-18-9-8-11(17)24-12(9)14(21)19-13/h4-5,8,10H,6-7H2,1-3H3,(H,18,19,21). The molecule has 8 heteroatoms. The number of rotatable bonds is 1. The van der Waals surface area contributed by atoms with Gasteiger partial charge in [-0.15, -0.1) is 11.3 Å². The number of thiophene rings is 1. The Kier molecular flexibility index (Phi) is 4.52. The van der Waals surface area contributed by atoms with Crippen molar-refractivity contribution in [2.75, 3.05) is 6.54 Å². The fourth-order valence-electron chi connectivity index (χ4n) is 2.54. The Morgan fingerprint density at radius 3 is 2.92 bits per heavy atom. The van der Waals surface area contributed by atoms with Crippen LogP contribution in [0.5, 0.6) is 0 Å². The maximum Gasteiger partial charge on any atom is 0.411 e. The average Bonchev–Trinajstić information content (AvgIpc) is 2.86. The van der Waals surface area contributed by atoms with Crippen molar-refractivity contribution in [3.05, 3.63) is 38.2 Å². The average molecular weight is 412 g/mol. The van der Waals surface area contributed by atoms with E-state index in [1.54, 1.807) is 4.90 Å². The molecule has 0 saturated heterocycles. The summed E-state index contributed by atoms with van der Waals surface area (Å²) < 4.78 is 6.90. The lowest BCUT2D eigenvalue weighted by Gasteiger charge is -2.33. The summed E-state index contributed by atoms with van der Waals surface area (Å²) in [6, 6.07) is 1.47. The van der Waals surface area contributed by atoms with E-state index < -0.39 is 11.7 Å². The minimum absolute atomic E-state index is 0.190. The van der Waals surface area contributed by atoms with Crippen LogP contribution in [0.3, 0.4) is 0 Å². The molecule has 1 aliphatic heterocycles. The highest BCUT2D eigenvalue weighted by Crippen LogP contribution is 2.30. The molecule has 0 fully saturated rings. The van der Waals surface area contributed by atoms with E-state index in [2.05, 4.69) is 25.9 Å². The number of nitrogens with zero attached hydrogens (tertiary/aromatic N) is 2. The molecule has 3 rings (SSSR count). The van der Waals surface area contributed by atoms with Gasteiger partial charge in [-0.1, -0.05) is 12.2 Å². The molecule has 2 aromatic rings. The van der Waals surface area contributed by atoms with Crippen LogP contribution in [0.25, 0.3) is 10.2 Å². The molecule has 0 aromatic carbocycles. The molecule has 1 aliphatic rings. The number of hydrogen-bond donors (Lipinski definition) is 1. The van der Waals surface area contributed by atoms with Gasteiger partial charge in [-0.05, 0) is 49.2 Å². The lowest BCUT2D eigenvalue weighted by molar-refractivity contribution is 0.0168. The Labute approximate surface area is 151 Å². The summed E-state index contributed by atoms with van der Waals surface area (Å²) in [6.07, 6.45) is 4.07. The first-order valence-corrected chi connectivity index (χ1v) is 9.19. The van der Waals surface area contributed by atoms with Crippen LogP contribution in [0.4, 0.5) is 4.79 Å². The highest BCUT2D eigenvalue weighted by Gasteiger charge is 2.31. The normalized spacial score (nSPS) is 18.2. The zero-order valence-corrected chi connectivity index (χ0v) is 16.0. The Morgan fingerprint density at radius 2 is 2.21 bits per heavy atom. The van der Waals surface area contributed by atoms with Crippen molar-refractivity contribution in [1.82, 2.24) is 14.9 Å². The molecular weight excluding hydrogens is 394 g/mol. The molecule has 2 aromatic heterocycles. The van der Waals surface area contributed by atoms with E-state index >= 15 is 0 Å². The fourth-order valence-corrected chi connectivity index (χ4v) is 3.96. The summed E-state index contributed by atoms with van der Waals surface area (Å²) in [5, 5.41) is 0. The fraction of sp³-hybridized carbons (Fsp3) is 0.438. The predicted octanol–water partition coefficient (Wildman–Crippen LogP) is 3.99. The van der Waals surface area contributed by atoms with Gasteiger partial charge in [0.25, 0.3) is 5.56 Å². The SMILES string of the molecule is CC(C)(C)OC(=O)N1CC=CCC1c1nc2cc(Br)sc2c(=O)[nH]1. The van der Waals surface area contributed by atoms with Crippen molar-refractivity contribution < 1.29 is 9.53 Å². The second-order valence-corrected chi connectivity index (χ2v) is 9.00. The summed E-state index contributed by atoms with van der Waals surface area (Å²) >= 11 is 4.72. The summed E-state index contributed by atoms with van der Waals surface area (Å²) in [5.41, 5.74) is -0.139. The van der Waals surface area contributed by atoms with Gasteiger partial charge in [-0.2, -0.15) is 0 Å². The van der Waals surface area contributed by atoms with Crippen LogP contribution in [-0.4, -0.2) is 33.1 Å². The minimum Gasteiger partial charge on any atom is -0.444 e. The smallest absolute Gasteiger partial charge is 0.411 e. The third kappa shape index (κ3) is 3.54. The van der Waals surface area contributed by atoms with E-state index in [1.165, 1.54) is 11.3 Å². The van der Waals surface area contributed by atoms with Crippen LogP contribution in [0.15, 0.2) is 26.8 Å². The van der Waals surface area contributed by atoms with Crippen LogP contribution in [0.2, 0.25) is 0 Å². The number of carbonyl (C=O) groups is 1. The summed E-state index contributed by atoms with van der Waals surface area (Å²) in [6.45, 7) is 5.91. The number of amides is 1. The van der Waals surface area contributed by atoms with Crippen molar-refractivity contribution in [2.45, 2.75) is 38.8 Å². The van der Waals surface area contributed by atoms with Crippen LogP contribution >= 0.6 is 27.3 Å². The van der Waals surface area contributed by atoms with Crippen molar-refractivity contribution in [3.63, 3.8) is 0 Å². The molecule has 0 saturated carbocycles. The molecule has 128 valence electrons. The molecule has 0 spiro atoms. The van der Waals surface area contributed by atoms with Gasteiger partial charge in [0.15, 0.2) is 0 Å². The number of fused-ring (bicyclic) bond motifs is 1. The van der Waals surface area contributed by atoms with Crippen molar-refractivity contribution in [1.29, 1.82) is 0 Å². The number of carbonyl (C=O) groups excluding carboxylic acids is 1. The number of ether oxygens (including phenoxy) is 1.